The second kappa shape index (κ2) is 7.19. The number of thiol groups is 1. The third kappa shape index (κ3) is 4.12. The number of anilines is 1. The molecule has 2 atom stereocenters. The summed E-state index contributed by atoms with van der Waals surface area (Å²) in [5.41, 5.74) is 1.04. The van der Waals surface area contributed by atoms with Crippen molar-refractivity contribution in [1.29, 1.82) is 0 Å². The van der Waals surface area contributed by atoms with Crippen LogP contribution in [0.5, 0.6) is 0 Å². The molecule has 1 aliphatic rings. The Morgan fingerprint density at radius 1 is 1.04 bits per heavy atom. The Balaban J connectivity index is 1.78. The van der Waals surface area contributed by atoms with E-state index in [0.29, 0.717) is 13.1 Å². The molecule has 2 aromatic carbocycles. The maximum absolute atomic E-state index is 12.7. The van der Waals surface area contributed by atoms with E-state index >= 15 is 0 Å². The Kier molecular flexibility index (Phi) is 5.13. The Hall–Kier alpha value is -2.22. The van der Waals surface area contributed by atoms with E-state index in [4.69, 9.17) is 0 Å². The molecule has 0 aromatic heterocycles. The predicted octanol–water partition coefficient (Wildman–Crippen LogP) is 4.91. The van der Waals surface area contributed by atoms with Gasteiger partial charge in [0.2, 0.25) is 0 Å². The molecular weight excluding hydrogens is 365 g/mol. The number of benzene rings is 2. The lowest BCUT2D eigenvalue weighted by molar-refractivity contribution is -0.384. The lowest BCUT2D eigenvalue weighted by Gasteiger charge is -2.38. The number of nitro groups is 1. The molecule has 0 amide bonds. The van der Waals surface area contributed by atoms with Crippen molar-refractivity contribution >= 4 is 24.0 Å². The number of hydrogen-bond donors (Lipinski definition) is 1. The Morgan fingerprint density at radius 3 is 2.19 bits per heavy atom. The molecule has 3 rings (SSSR count). The van der Waals surface area contributed by atoms with Gasteiger partial charge in [0, 0.05) is 42.1 Å². The third-order valence-corrected chi connectivity index (χ3v) is 4.94. The molecule has 0 bridgehead atoms. The van der Waals surface area contributed by atoms with E-state index in [1.807, 2.05) is 0 Å². The minimum absolute atomic E-state index is 0.0208. The summed E-state index contributed by atoms with van der Waals surface area (Å²) >= 11 is 4.57. The van der Waals surface area contributed by atoms with Crippen LogP contribution in [0, 0.1) is 10.1 Å². The van der Waals surface area contributed by atoms with Crippen molar-refractivity contribution in [3.05, 3.63) is 69.8 Å². The van der Waals surface area contributed by atoms with Gasteiger partial charge in [-0.3, -0.25) is 10.1 Å². The largest absolute Gasteiger partial charge is 0.416 e. The molecule has 138 valence electrons. The SMILES string of the molecule is O=[N+]([O-])c1ccc(N2CC(S)CC(c3ccc(C(F)(F)F)cc3)C2)cc1. The maximum atomic E-state index is 12.7. The van der Waals surface area contributed by atoms with Crippen LogP contribution < -0.4 is 4.90 Å². The second-order valence-electron chi connectivity index (χ2n) is 6.38. The highest BCUT2D eigenvalue weighted by Gasteiger charge is 2.31. The van der Waals surface area contributed by atoms with E-state index in [-0.39, 0.29) is 16.9 Å². The van der Waals surface area contributed by atoms with Crippen molar-refractivity contribution in [1.82, 2.24) is 0 Å². The van der Waals surface area contributed by atoms with Gasteiger partial charge in [-0.15, -0.1) is 0 Å². The fourth-order valence-corrected chi connectivity index (χ4v) is 3.71. The van der Waals surface area contributed by atoms with Crippen molar-refractivity contribution in [2.45, 2.75) is 23.8 Å². The molecule has 0 radical (unpaired) electrons. The number of hydrogen-bond acceptors (Lipinski definition) is 4. The van der Waals surface area contributed by atoms with E-state index in [1.165, 1.54) is 24.3 Å². The quantitative estimate of drug-likeness (QED) is 0.466. The number of halogens is 3. The first-order chi connectivity index (χ1) is 12.2. The lowest BCUT2D eigenvalue weighted by Crippen LogP contribution is -2.40. The fraction of sp³-hybridized carbons (Fsp3) is 0.333. The van der Waals surface area contributed by atoms with Gasteiger partial charge >= 0.3 is 6.18 Å². The maximum Gasteiger partial charge on any atom is 0.416 e. The van der Waals surface area contributed by atoms with E-state index in [0.717, 1.165) is 29.8 Å². The molecule has 0 aliphatic carbocycles. The number of piperidine rings is 1. The van der Waals surface area contributed by atoms with Crippen molar-refractivity contribution in [3.8, 4) is 0 Å². The van der Waals surface area contributed by atoms with Crippen LogP contribution in [0.25, 0.3) is 0 Å². The topological polar surface area (TPSA) is 46.4 Å². The normalized spacial score (nSPS) is 20.8. The van der Waals surface area contributed by atoms with Gasteiger partial charge in [-0.2, -0.15) is 25.8 Å². The Labute approximate surface area is 154 Å². The lowest BCUT2D eigenvalue weighted by atomic mass is 9.89. The summed E-state index contributed by atoms with van der Waals surface area (Å²) in [6.07, 6.45) is -3.58. The number of nitro benzene ring substituents is 1. The van der Waals surface area contributed by atoms with Crippen LogP contribution in [0.15, 0.2) is 48.5 Å². The zero-order valence-corrected chi connectivity index (χ0v) is 14.6. The summed E-state index contributed by atoms with van der Waals surface area (Å²) in [6.45, 7) is 1.30. The van der Waals surface area contributed by atoms with Gasteiger partial charge < -0.3 is 4.90 Å². The molecule has 1 fully saturated rings. The van der Waals surface area contributed by atoms with Gasteiger partial charge in [-0.05, 0) is 36.2 Å². The Morgan fingerprint density at radius 2 is 1.65 bits per heavy atom. The minimum atomic E-state index is -4.35. The van der Waals surface area contributed by atoms with Crippen molar-refractivity contribution < 1.29 is 18.1 Å². The van der Waals surface area contributed by atoms with Crippen LogP contribution in [-0.4, -0.2) is 23.3 Å². The summed E-state index contributed by atoms with van der Waals surface area (Å²) < 4.78 is 38.2. The summed E-state index contributed by atoms with van der Waals surface area (Å²) in [5.74, 6) is 0.0451. The van der Waals surface area contributed by atoms with E-state index in [1.54, 1.807) is 12.1 Å². The molecule has 1 heterocycles. The van der Waals surface area contributed by atoms with Gasteiger partial charge in [0.1, 0.15) is 0 Å². The predicted molar refractivity (Wildman–Crippen MR) is 96.9 cm³/mol. The van der Waals surface area contributed by atoms with Gasteiger partial charge in [0.05, 0.1) is 10.5 Å². The average Bonchev–Trinajstić information content (AvgIpc) is 2.60. The highest BCUT2D eigenvalue weighted by atomic mass is 32.1. The van der Waals surface area contributed by atoms with Gasteiger partial charge in [0.15, 0.2) is 0 Å². The van der Waals surface area contributed by atoms with E-state index in [9.17, 15) is 23.3 Å². The van der Waals surface area contributed by atoms with Gasteiger partial charge in [-0.25, -0.2) is 0 Å². The van der Waals surface area contributed by atoms with Crippen molar-refractivity contribution in [2.24, 2.45) is 0 Å². The van der Waals surface area contributed by atoms with Crippen LogP contribution >= 0.6 is 12.6 Å². The molecule has 0 saturated carbocycles. The molecular formula is C18H17F3N2O2S. The molecule has 1 aliphatic heterocycles. The minimum Gasteiger partial charge on any atom is -0.370 e. The van der Waals surface area contributed by atoms with Crippen LogP contribution in [0.2, 0.25) is 0 Å². The molecule has 0 spiro atoms. The molecule has 0 N–H and O–H groups in total. The fourth-order valence-electron chi connectivity index (χ4n) is 3.25. The summed E-state index contributed by atoms with van der Waals surface area (Å²) in [7, 11) is 0. The second-order valence-corrected chi connectivity index (χ2v) is 7.12. The summed E-state index contributed by atoms with van der Waals surface area (Å²) in [6, 6.07) is 11.5. The van der Waals surface area contributed by atoms with Crippen LogP contribution in [0.4, 0.5) is 24.5 Å². The van der Waals surface area contributed by atoms with E-state index in [2.05, 4.69) is 17.5 Å². The highest BCUT2D eigenvalue weighted by Crippen LogP contribution is 2.35. The van der Waals surface area contributed by atoms with Crippen molar-refractivity contribution in [3.63, 3.8) is 0 Å². The number of rotatable bonds is 3. The monoisotopic (exact) mass is 382 g/mol. The van der Waals surface area contributed by atoms with Crippen LogP contribution in [-0.2, 0) is 6.18 Å². The standard InChI is InChI=1S/C18H17F3N2O2S/c19-18(20,21)14-3-1-12(2-4-14)13-9-17(26)11-22(10-13)15-5-7-16(8-6-15)23(24)25/h1-8,13,17,26H,9-11H2. The average molecular weight is 382 g/mol. The van der Waals surface area contributed by atoms with Crippen molar-refractivity contribution in [2.75, 3.05) is 18.0 Å². The summed E-state index contributed by atoms with van der Waals surface area (Å²) in [5, 5.41) is 10.8. The number of non-ortho nitro benzene ring substituents is 1. The molecule has 2 aromatic rings. The first-order valence-electron chi connectivity index (χ1n) is 8.08. The molecule has 8 heteroatoms. The zero-order valence-electron chi connectivity index (χ0n) is 13.7. The zero-order chi connectivity index (χ0) is 18.9. The molecule has 2 unspecified atom stereocenters. The first kappa shape index (κ1) is 18.6. The number of alkyl halides is 3. The van der Waals surface area contributed by atoms with Gasteiger partial charge in [0.25, 0.3) is 5.69 Å². The first-order valence-corrected chi connectivity index (χ1v) is 8.60. The van der Waals surface area contributed by atoms with Crippen LogP contribution in [0.3, 0.4) is 0 Å². The van der Waals surface area contributed by atoms with Crippen LogP contribution in [0.1, 0.15) is 23.5 Å². The third-order valence-electron chi connectivity index (χ3n) is 4.56. The molecule has 26 heavy (non-hydrogen) atoms. The molecule has 1 saturated heterocycles. The highest BCUT2D eigenvalue weighted by molar-refractivity contribution is 7.81. The number of nitrogens with zero attached hydrogens (tertiary/aromatic N) is 2. The smallest absolute Gasteiger partial charge is 0.370 e. The Bertz CT molecular complexity index is 779. The van der Waals surface area contributed by atoms with Gasteiger partial charge in [-0.1, -0.05) is 12.1 Å². The summed E-state index contributed by atoms with van der Waals surface area (Å²) in [4.78, 5) is 12.4. The van der Waals surface area contributed by atoms with E-state index < -0.39 is 16.7 Å². The molecule has 4 nitrogen and oxygen atoms in total.